The molecule has 0 saturated carbocycles. The molecule has 4 aromatic rings. The second-order valence-corrected chi connectivity index (χ2v) is 7.24. The van der Waals surface area contributed by atoms with Gasteiger partial charge in [0.25, 0.3) is 0 Å². The summed E-state index contributed by atoms with van der Waals surface area (Å²) in [6, 6.07) is 28.1. The Morgan fingerprint density at radius 2 is 1.57 bits per heavy atom. The quantitative estimate of drug-likeness (QED) is 0.416. The van der Waals surface area contributed by atoms with Crippen molar-refractivity contribution in [1.29, 1.82) is 0 Å². The van der Waals surface area contributed by atoms with Crippen molar-refractivity contribution in [3.63, 3.8) is 0 Å². The number of aliphatic hydroxyl groups is 1. The van der Waals surface area contributed by atoms with E-state index in [4.69, 9.17) is 4.74 Å². The normalized spacial score (nSPS) is 12.1. The Morgan fingerprint density at radius 3 is 2.37 bits per heavy atom. The first kappa shape index (κ1) is 20.1. The van der Waals surface area contributed by atoms with Gasteiger partial charge in [-0.1, -0.05) is 72.8 Å². The summed E-state index contributed by atoms with van der Waals surface area (Å²) in [6.07, 6.45) is -0.579. The van der Waals surface area contributed by atoms with Crippen molar-refractivity contribution in [1.82, 2.24) is 5.32 Å². The molecule has 30 heavy (non-hydrogen) atoms. The average molecular weight is 401 g/mol. The van der Waals surface area contributed by atoms with E-state index in [1.165, 1.54) is 12.1 Å². The standard InChI is InChI=1S/C26H24FNO2/c27-22-13-10-19(11-14-22)18-30-26-15-12-20-6-4-5-9-23(20)24(26)16-28-17-25(29)21-7-2-1-3-8-21/h1-15,25,28-29H,16-18H2/t25-/m0/s1. The first-order chi connectivity index (χ1) is 14.7. The molecule has 0 aliphatic carbocycles. The summed E-state index contributed by atoms with van der Waals surface area (Å²) < 4.78 is 19.2. The predicted octanol–water partition coefficient (Wildman–Crippen LogP) is 5.38. The molecule has 0 amide bonds. The van der Waals surface area contributed by atoms with Gasteiger partial charge in [-0.2, -0.15) is 0 Å². The van der Waals surface area contributed by atoms with Gasteiger partial charge in [0, 0.05) is 18.7 Å². The van der Waals surface area contributed by atoms with Crippen molar-refractivity contribution in [3.8, 4) is 5.75 Å². The lowest BCUT2D eigenvalue weighted by Crippen LogP contribution is -2.21. The van der Waals surface area contributed by atoms with Crippen LogP contribution in [0.2, 0.25) is 0 Å². The maximum absolute atomic E-state index is 13.1. The molecule has 0 bridgehead atoms. The van der Waals surface area contributed by atoms with E-state index in [1.54, 1.807) is 12.1 Å². The van der Waals surface area contributed by atoms with Gasteiger partial charge in [-0.05, 0) is 40.1 Å². The third-order valence-corrected chi connectivity index (χ3v) is 5.13. The number of halogens is 1. The molecule has 3 nitrogen and oxygen atoms in total. The molecule has 0 radical (unpaired) electrons. The molecular weight excluding hydrogens is 377 g/mol. The number of ether oxygens (including phenoxy) is 1. The van der Waals surface area contributed by atoms with Crippen molar-refractivity contribution < 1.29 is 14.2 Å². The summed E-state index contributed by atoms with van der Waals surface area (Å²) in [5.41, 5.74) is 2.83. The number of benzene rings is 4. The summed E-state index contributed by atoms with van der Waals surface area (Å²) in [5.74, 6) is 0.519. The highest BCUT2D eigenvalue weighted by Crippen LogP contribution is 2.29. The predicted molar refractivity (Wildman–Crippen MR) is 118 cm³/mol. The van der Waals surface area contributed by atoms with Gasteiger partial charge in [-0.25, -0.2) is 4.39 Å². The van der Waals surface area contributed by atoms with E-state index in [2.05, 4.69) is 17.4 Å². The molecule has 0 spiro atoms. The molecule has 0 fully saturated rings. The van der Waals surface area contributed by atoms with E-state index < -0.39 is 6.10 Å². The molecule has 4 aromatic carbocycles. The van der Waals surface area contributed by atoms with Gasteiger partial charge < -0.3 is 15.2 Å². The zero-order valence-electron chi connectivity index (χ0n) is 16.6. The summed E-state index contributed by atoms with van der Waals surface area (Å²) in [5, 5.41) is 16.0. The third kappa shape index (κ3) is 4.85. The van der Waals surface area contributed by atoms with Crippen molar-refractivity contribution in [2.45, 2.75) is 19.3 Å². The monoisotopic (exact) mass is 401 g/mol. The minimum Gasteiger partial charge on any atom is -0.489 e. The maximum atomic E-state index is 13.1. The van der Waals surface area contributed by atoms with Gasteiger partial charge in [0.05, 0.1) is 6.10 Å². The molecule has 0 aliphatic rings. The molecular formula is C26H24FNO2. The average Bonchev–Trinajstić information content (AvgIpc) is 2.80. The van der Waals surface area contributed by atoms with Crippen LogP contribution in [0.25, 0.3) is 10.8 Å². The summed E-state index contributed by atoms with van der Waals surface area (Å²) in [6.45, 7) is 1.35. The van der Waals surface area contributed by atoms with Crippen LogP contribution in [-0.4, -0.2) is 11.7 Å². The zero-order valence-corrected chi connectivity index (χ0v) is 16.6. The first-order valence-corrected chi connectivity index (χ1v) is 10.0. The van der Waals surface area contributed by atoms with Crippen LogP contribution in [0.1, 0.15) is 22.8 Å². The maximum Gasteiger partial charge on any atom is 0.124 e. The van der Waals surface area contributed by atoms with Crippen LogP contribution in [0.15, 0.2) is 91.0 Å². The highest BCUT2D eigenvalue weighted by molar-refractivity contribution is 5.87. The fourth-order valence-corrected chi connectivity index (χ4v) is 3.50. The highest BCUT2D eigenvalue weighted by Gasteiger charge is 2.11. The largest absolute Gasteiger partial charge is 0.489 e. The molecule has 0 unspecified atom stereocenters. The van der Waals surface area contributed by atoms with Crippen molar-refractivity contribution in [3.05, 3.63) is 114 Å². The topological polar surface area (TPSA) is 41.5 Å². The number of aliphatic hydroxyl groups excluding tert-OH is 1. The Balaban J connectivity index is 1.50. The van der Waals surface area contributed by atoms with Crippen LogP contribution in [0.3, 0.4) is 0 Å². The van der Waals surface area contributed by atoms with Crippen LogP contribution in [0, 0.1) is 5.82 Å². The molecule has 0 aliphatic heterocycles. The zero-order chi connectivity index (χ0) is 20.8. The Bertz CT molecular complexity index is 1100. The molecule has 4 heteroatoms. The van der Waals surface area contributed by atoms with Gasteiger partial charge in [0.2, 0.25) is 0 Å². The van der Waals surface area contributed by atoms with E-state index in [-0.39, 0.29) is 5.82 Å². The van der Waals surface area contributed by atoms with E-state index in [0.29, 0.717) is 19.7 Å². The highest BCUT2D eigenvalue weighted by atomic mass is 19.1. The number of hydrogen-bond donors (Lipinski definition) is 2. The van der Waals surface area contributed by atoms with E-state index >= 15 is 0 Å². The summed E-state index contributed by atoms with van der Waals surface area (Å²) in [4.78, 5) is 0. The Morgan fingerprint density at radius 1 is 0.833 bits per heavy atom. The SMILES string of the molecule is O[C@@H](CNCc1c(OCc2ccc(F)cc2)ccc2ccccc12)c1ccccc1. The minimum atomic E-state index is -0.579. The van der Waals surface area contributed by atoms with Crippen LogP contribution in [0.4, 0.5) is 4.39 Å². The van der Waals surface area contributed by atoms with Crippen LogP contribution < -0.4 is 10.1 Å². The van der Waals surface area contributed by atoms with Crippen LogP contribution in [-0.2, 0) is 13.2 Å². The number of rotatable bonds is 8. The van der Waals surface area contributed by atoms with Crippen molar-refractivity contribution >= 4 is 10.8 Å². The Labute approximate surface area is 175 Å². The molecule has 152 valence electrons. The summed E-state index contributed by atoms with van der Waals surface area (Å²) in [7, 11) is 0. The van der Waals surface area contributed by atoms with E-state index in [1.807, 2.05) is 54.6 Å². The lowest BCUT2D eigenvalue weighted by molar-refractivity contribution is 0.174. The van der Waals surface area contributed by atoms with Gasteiger partial charge >= 0.3 is 0 Å². The lowest BCUT2D eigenvalue weighted by Gasteiger charge is -2.17. The number of nitrogens with one attached hydrogen (secondary N) is 1. The summed E-state index contributed by atoms with van der Waals surface area (Å²) >= 11 is 0. The molecule has 1 atom stereocenters. The van der Waals surface area contributed by atoms with E-state index in [9.17, 15) is 9.50 Å². The second kappa shape index (κ2) is 9.53. The fraction of sp³-hybridized carbons (Fsp3) is 0.154. The van der Waals surface area contributed by atoms with Gasteiger partial charge in [0.1, 0.15) is 18.2 Å². The van der Waals surface area contributed by atoms with Crippen molar-refractivity contribution in [2.75, 3.05) is 6.54 Å². The van der Waals surface area contributed by atoms with Gasteiger partial charge in [-0.3, -0.25) is 0 Å². The number of fused-ring (bicyclic) bond motifs is 1. The first-order valence-electron chi connectivity index (χ1n) is 10.0. The molecule has 0 heterocycles. The van der Waals surface area contributed by atoms with Crippen molar-refractivity contribution in [2.24, 2.45) is 0 Å². The van der Waals surface area contributed by atoms with Gasteiger partial charge in [-0.15, -0.1) is 0 Å². The smallest absolute Gasteiger partial charge is 0.124 e. The minimum absolute atomic E-state index is 0.258. The van der Waals surface area contributed by atoms with Crippen LogP contribution >= 0.6 is 0 Å². The lowest BCUT2D eigenvalue weighted by atomic mass is 10.0. The number of hydrogen-bond acceptors (Lipinski definition) is 3. The van der Waals surface area contributed by atoms with Crippen LogP contribution in [0.5, 0.6) is 5.75 Å². The van der Waals surface area contributed by atoms with E-state index in [0.717, 1.165) is 33.2 Å². The fourth-order valence-electron chi connectivity index (χ4n) is 3.50. The molecule has 0 saturated heterocycles. The third-order valence-electron chi connectivity index (χ3n) is 5.13. The second-order valence-electron chi connectivity index (χ2n) is 7.24. The molecule has 2 N–H and O–H groups in total. The molecule has 0 aromatic heterocycles. The molecule has 4 rings (SSSR count). The van der Waals surface area contributed by atoms with Gasteiger partial charge in [0.15, 0.2) is 0 Å². The Kier molecular flexibility index (Phi) is 6.38. The Hall–Kier alpha value is -3.21.